The highest BCUT2D eigenvalue weighted by molar-refractivity contribution is 5.89. The number of ether oxygens (including phenoxy) is 1. The van der Waals surface area contributed by atoms with E-state index in [1.54, 1.807) is 20.8 Å². The molecule has 0 spiro atoms. The van der Waals surface area contributed by atoms with Gasteiger partial charge < -0.3 is 20.5 Å². The quantitative estimate of drug-likeness (QED) is 0.464. The molecule has 184 valence electrons. The number of hydrogen-bond acceptors (Lipinski definition) is 5. The number of unbranched alkanes of at least 4 members (excludes halogenated alkanes) is 1. The van der Waals surface area contributed by atoms with Gasteiger partial charge in [-0.25, -0.2) is 9.59 Å². The van der Waals surface area contributed by atoms with Gasteiger partial charge in [-0.2, -0.15) is 5.26 Å². The van der Waals surface area contributed by atoms with E-state index in [1.807, 2.05) is 54.6 Å². The van der Waals surface area contributed by atoms with Crippen LogP contribution in [-0.4, -0.2) is 41.8 Å². The van der Waals surface area contributed by atoms with Crippen LogP contribution in [0.1, 0.15) is 57.1 Å². The van der Waals surface area contributed by atoms with Crippen molar-refractivity contribution in [1.82, 2.24) is 10.6 Å². The van der Waals surface area contributed by atoms with E-state index in [1.165, 1.54) is 0 Å². The monoisotopic (exact) mass is 477 g/mol. The minimum atomic E-state index is -1.16. The minimum Gasteiger partial charge on any atom is -0.480 e. The van der Waals surface area contributed by atoms with Gasteiger partial charge in [-0.05, 0) is 40.5 Å². The van der Waals surface area contributed by atoms with E-state index < -0.39 is 35.5 Å². The number of nitrogens with one attached hydrogen (secondary N) is 2. The molecule has 3 rings (SSSR count). The molecule has 2 unspecified atom stereocenters. The lowest BCUT2D eigenvalue weighted by atomic mass is 9.86. The Morgan fingerprint density at radius 2 is 1.60 bits per heavy atom. The van der Waals surface area contributed by atoms with E-state index in [-0.39, 0.29) is 25.4 Å². The number of nitriles is 1. The fraction of sp³-hybridized carbons (Fsp3) is 0.407. The number of carbonyl (C=O) groups excluding carboxylic acids is 2. The fourth-order valence-electron chi connectivity index (χ4n) is 4.33. The zero-order chi connectivity index (χ0) is 25.6. The molecule has 0 radical (unpaired) electrons. The van der Waals surface area contributed by atoms with Crippen LogP contribution in [0.15, 0.2) is 48.5 Å². The standard InChI is InChI=1S/C27H31N3O5/c1-27(2,3)23(25(32)33)30-24(31)22(14-8-9-15-28)29-26(34)35-16-21-19-12-6-4-10-17(19)18-11-5-7-13-20(18)21/h4-7,10-13,21-23H,8-9,14,16H2,1-3H3,(H,29,34)(H,30,31)(H,32,33). The second-order valence-corrected chi connectivity index (χ2v) is 9.72. The number of rotatable bonds is 9. The lowest BCUT2D eigenvalue weighted by Gasteiger charge is -2.29. The summed E-state index contributed by atoms with van der Waals surface area (Å²) in [5.41, 5.74) is 3.61. The van der Waals surface area contributed by atoms with Crippen molar-refractivity contribution in [3.8, 4) is 17.2 Å². The summed E-state index contributed by atoms with van der Waals surface area (Å²) in [4.78, 5) is 37.3. The normalized spacial score (nSPS) is 14.1. The molecule has 8 heteroatoms. The molecule has 2 aromatic carbocycles. The lowest BCUT2D eigenvalue weighted by Crippen LogP contribution is -2.55. The summed E-state index contributed by atoms with van der Waals surface area (Å²) in [6.07, 6.45) is -0.0183. The molecule has 35 heavy (non-hydrogen) atoms. The Labute approximate surface area is 205 Å². The van der Waals surface area contributed by atoms with Crippen LogP contribution in [0.5, 0.6) is 0 Å². The first-order valence-corrected chi connectivity index (χ1v) is 11.6. The van der Waals surface area contributed by atoms with Crippen LogP contribution < -0.4 is 10.6 Å². The Bertz CT molecular complexity index is 1090. The first kappa shape index (κ1) is 25.8. The number of carbonyl (C=O) groups is 3. The topological polar surface area (TPSA) is 129 Å². The number of aliphatic carboxylic acids is 1. The highest BCUT2D eigenvalue weighted by Gasteiger charge is 2.35. The summed E-state index contributed by atoms with van der Waals surface area (Å²) in [7, 11) is 0. The molecule has 1 aliphatic carbocycles. The van der Waals surface area contributed by atoms with E-state index >= 15 is 0 Å². The molecule has 0 heterocycles. The van der Waals surface area contributed by atoms with E-state index in [0.29, 0.717) is 6.42 Å². The van der Waals surface area contributed by atoms with Crippen molar-refractivity contribution in [3.63, 3.8) is 0 Å². The van der Waals surface area contributed by atoms with Crippen molar-refractivity contribution in [1.29, 1.82) is 5.26 Å². The van der Waals surface area contributed by atoms with Crippen molar-refractivity contribution in [3.05, 3.63) is 59.7 Å². The van der Waals surface area contributed by atoms with Crippen molar-refractivity contribution in [2.75, 3.05) is 6.61 Å². The van der Waals surface area contributed by atoms with Gasteiger partial charge in [0.2, 0.25) is 5.91 Å². The van der Waals surface area contributed by atoms with E-state index in [4.69, 9.17) is 10.00 Å². The minimum absolute atomic E-state index is 0.0894. The molecule has 3 N–H and O–H groups in total. The summed E-state index contributed by atoms with van der Waals surface area (Å²) in [5.74, 6) is -1.92. The molecule has 2 amide bonds. The van der Waals surface area contributed by atoms with Crippen molar-refractivity contribution < 1.29 is 24.2 Å². The number of hydrogen-bond donors (Lipinski definition) is 3. The predicted octanol–water partition coefficient (Wildman–Crippen LogP) is 4.20. The van der Waals surface area contributed by atoms with Crippen LogP contribution in [-0.2, 0) is 14.3 Å². The lowest BCUT2D eigenvalue weighted by molar-refractivity contribution is -0.145. The largest absolute Gasteiger partial charge is 0.480 e. The molecule has 0 bridgehead atoms. The zero-order valence-corrected chi connectivity index (χ0v) is 20.2. The maximum absolute atomic E-state index is 12.9. The summed E-state index contributed by atoms with van der Waals surface area (Å²) >= 11 is 0. The summed E-state index contributed by atoms with van der Waals surface area (Å²) in [6.45, 7) is 5.20. The maximum Gasteiger partial charge on any atom is 0.407 e. The molecule has 2 aromatic rings. The number of alkyl carbamates (subject to hydrolysis) is 1. The average Bonchev–Trinajstić information content (AvgIpc) is 3.13. The van der Waals surface area contributed by atoms with Crippen LogP contribution in [0, 0.1) is 16.7 Å². The molecule has 0 aromatic heterocycles. The first-order chi connectivity index (χ1) is 16.6. The maximum atomic E-state index is 12.9. The summed E-state index contributed by atoms with van der Waals surface area (Å²) < 4.78 is 5.53. The van der Waals surface area contributed by atoms with Crippen LogP contribution in [0.4, 0.5) is 4.79 Å². The molecular weight excluding hydrogens is 446 g/mol. The Balaban J connectivity index is 1.69. The summed E-state index contributed by atoms with van der Waals surface area (Å²) in [6, 6.07) is 15.8. The number of benzene rings is 2. The molecule has 0 aliphatic heterocycles. The van der Waals surface area contributed by atoms with Gasteiger partial charge in [-0.15, -0.1) is 0 Å². The van der Waals surface area contributed by atoms with Gasteiger partial charge in [-0.3, -0.25) is 4.79 Å². The fourth-order valence-corrected chi connectivity index (χ4v) is 4.33. The van der Waals surface area contributed by atoms with Crippen molar-refractivity contribution in [2.45, 2.75) is 58.0 Å². The third kappa shape index (κ3) is 6.18. The van der Waals surface area contributed by atoms with E-state index in [0.717, 1.165) is 22.3 Å². The molecule has 0 saturated carbocycles. The number of carboxylic acid groups (broad SMARTS) is 1. The Kier molecular flexibility index (Phi) is 8.13. The molecule has 2 atom stereocenters. The number of fused-ring (bicyclic) bond motifs is 3. The van der Waals surface area contributed by atoms with Gasteiger partial charge in [0, 0.05) is 12.3 Å². The van der Waals surface area contributed by atoms with Gasteiger partial charge in [0.15, 0.2) is 0 Å². The molecule has 0 fully saturated rings. The van der Waals surface area contributed by atoms with E-state index in [2.05, 4.69) is 10.6 Å². The van der Waals surface area contributed by atoms with Gasteiger partial charge in [-0.1, -0.05) is 69.3 Å². The van der Waals surface area contributed by atoms with Crippen molar-refractivity contribution in [2.24, 2.45) is 5.41 Å². The van der Waals surface area contributed by atoms with Crippen LogP contribution >= 0.6 is 0 Å². The number of carboxylic acids is 1. The molecule has 8 nitrogen and oxygen atoms in total. The van der Waals surface area contributed by atoms with Crippen LogP contribution in [0.25, 0.3) is 11.1 Å². The average molecular weight is 478 g/mol. The molecule has 0 saturated heterocycles. The predicted molar refractivity (Wildman–Crippen MR) is 130 cm³/mol. The van der Waals surface area contributed by atoms with Crippen LogP contribution in [0.2, 0.25) is 0 Å². The SMILES string of the molecule is CC(C)(C)C(NC(=O)C(CCCC#N)NC(=O)OCC1c2ccccc2-c2ccccc21)C(=O)O. The Morgan fingerprint density at radius 1 is 1.03 bits per heavy atom. The second-order valence-electron chi connectivity index (χ2n) is 9.72. The van der Waals surface area contributed by atoms with E-state index in [9.17, 15) is 19.5 Å². The molecule has 1 aliphatic rings. The zero-order valence-electron chi connectivity index (χ0n) is 20.2. The highest BCUT2D eigenvalue weighted by atomic mass is 16.5. The van der Waals surface area contributed by atoms with Crippen molar-refractivity contribution >= 4 is 18.0 Å². The smallest absolute Gasteiger partial charge is 0.407 e. The third-order valence-electron chi connectivity index (χ3n) is 6.13. The van der Waals surface area contributed by atoms with Gasteiger partial charge in [0.05, 0.1) is 6.07 Å². The Morgan fingerprint density at radius 3 is 2.11 bits per heavy atom. The third-order valence-corrected chi connectivity index (χ3v) is 6.13. The van der Waals surface area contributed by atoms with Gasteiger partial charge in [0.25, 0.3) is 0 Å². The molecular formula is C27H31N3O5. The first-order valence-electron chi connectivity index (χ1n) is 11.6. The highest BCUT2D eigenvalue weighted by Crippen LogP contribution is 2.44. The van der Waals surface area contributed by atoms with Gasteiger partial charge in [0.1, 0.15) is 18.7 Å². The second kappa shape index (κ2) is 11.0. The van der Waals surface area contributed by atoms with Gasteiger partial charge >= 0.3 is 12.1 Å². The summed E-state index contributed by atoms with van der Waals surface area (Å²) in [5, 5.41) is 23.5. The number of amides is 2. The number of nitrogens with zero attached hydrogens (tertiary/aromatic N) is 1. The Hall–Kier alpha value is -3.86. The van der Waals surface area contributed by atoms with Crippen LogP contribution in [0.3, 0.4) is 0 Å².